The number of nitrogens with zero attached hydrogens (tertiary/aromatic N) is 1. The number of benzene rings is 1. The number of amides is 1. The van der Waals surface area contributed by atoms with Gasteiger partial charge in [0.2, 0.25) is 0 Å². The zero-order valence-electron chi connectivity index (χ0n) is 15.1. The summed E-state index contributed by atoms with van der Waals surface area (Å²) in [4.78, 5) is 26.3. The fourth-order valence-electron chi connectivity index (χ4n) is 3.13. The molecule has 1 aliphatic carbocycles. The lowest BCUT2D eigenvalue weighted by Gasteiger charge is -2.32. The summed E-state index contributed by atoms with van der Waals surface area (Å²) < 4.78 is 3.94. The maximum Gasteiger partial charge on any atom is 0.315 e. The fourth-order valence-corrected chi connectivity index (χ4v) is 3.82. The van der Waals surface area contributed by atoms with Gasteiger partial charge in [0.15, 0.2) is 6.61 Å². The molecule has 1 saturated carbocycles. The van der Waals surface area contributed by atoms with Gasteiger partial charge in [-0.05, 0) is 49.9 Å². The zero-order chi connectivity index (χ0) is 18.9. The summed E-state index contributed by atoms with van der Waals surface area (Å²) in [5, 5.41) is 2.73. The van der Waals surface area contributed by atoms with Crippen LogP contribution in [-0.2, 0) is 14.3 Å². The van der Waals surface area contributed by atoms with E-state index in [1.54, 1.807) is 6.92 Å². The Bertz CT molecular complexity index is 685. The summed E-state index contributed by atoms with van der Waals surface area (Å²) in [6.07, 6.45) is 2.74. The molecule has 0 aromatic heterocycles. The Balaban J connectivity index is 1.47. The van der Waals surface area contributed by atoms with Gasteiger partial charge in [-0.1, -0.05) is 6.92 Å². The van der Waals surface area contributed by atoms with E-state index in [1.165, 1.54) is 12.8 Å². The summed E-state index contributed by atoms with van der Waals surface area (Å²) in [5.74, 6) is -0.155. The Kier molecular flexibility index (Phi) is 5.40. The largest absolute Gasteiger partial charge is 0.455 e. The molecular weight excluding hydrogens is 375 g/mol. The minimum atomic E-state index is -1.09. The maximum absolute atomic E-state index is 12.0. The van der Waals surface area contributed by atoms with Gasteiger partial charge in [0.05, 0.1) is 0 Å². The van der Waals surface area contributed by atoms with Gasteiger partial charge in [0.25, 0.3) is 5.91 Å². The van der Waals surface area contributed by atoms with Gasteiger partial charge >= 0.3 is 5.97 Å². The number of anilines is 2. The lowest BCUT2D eigenvalue weighted by atomic mass is 9.99. The molecule has 1 aliphatic heterocycles. The molecule has 1 amide bonds. The minimum absolute atomic E-state index is 0.334. The van der Waals surface area contributed by atoms with E-state index in [2.05, 4.69) is 17.1 Å². The van der Waals surface area contributed by atoms with Crippen LogP contribution in [0.4, 0.5) is 11.4 Å². The van der Waals surface area contributed by atoms with Crippen LogP contribution in [0.5, 0.6) is 0 Å². The number of piperidine rings is 1. The molecule has 1 heterocycles. The Morgan fingerprint density at radius 2 is 1.81 bits per heavy atom. The van der Waals surface area contributed by atoms with Gasteiger partial charge in [0.1, 0.15) is 9.75 Å². The summed E-state index contributed by atoms with van der Waals surface area (Å²) >= 11 is 11.9. The number of alkyl halides is 2. The van der Waals surface area contributed by atoms with Gasteiger partial charge < -0.3 is 15.0 Å². The summed E-state index contributed by atoms with van der Waals surface area (Å²) in [6.45, 7) is 5.68. The molecule has 0 bridgehead atoms. The number of ether oxygens (including phenoxy) is 1. The monoisotopic (exact) mass is 398 g/mol. The van der Waals surface area contributed by atoms with Crippen LogP contribution in [0.25, 0.3) is 0 Å². The number of nitrogens with one attached hydrogen (secondary N) is 1. The van der Waals surface area contributed by atoms with E-state index < -0.39 is 21.6 Å². The van der Waals surface area contributed by atoms with Crippen molar-refractivity contribution in [3.8, 4) is 0 Å². The highest BCUT2D eigenvalue weighted by Gasteiger charge is 2.69. The molecule has 1 aromatic carbocycles. The number of hydrogen-bond acceptors (Lipinski definition) is 4. The number of hydrogen-bond donors (Lipinski definition) is 1. The molecule has 5 nitrogen and oxygen atoms in total. The van der Waals surface area contributed by atoms with Crippen LogP contribution in [0, 0.1) is 11.3 Å². The molecule has 1 saturated heterocycles. The van der Waals surface area contributed by atoms with Crippen LogP contribution in [0.2, 0.25) is 0 Å². The second-order valence-electron chi connectivity index (χ2n) is 7.55. The molecule has 26 heavy (non-hydrogen) atoms. The SMILES string of the molecule is CC1CCN(c2ccc(NC(=O)COC(=O)[C@]3(C)CC3(Cl)Cl)cc2)CC1. The van der Waals surface area contributed by atoms with Crippen LogP contribution in [0.1, 0.15) is 33.1 Å². The highest BCUT2D eigenvalue weighted by Crippen LogP contribution is 2.64. The van der Waals surface area contributed by atoms with Crippen molar-refractivity contribution in [1.82, 2.24) is 0 Å². The van der Waals surface area contributed by atoms with E-state index in [9.17, 15) is 9.59 Å². The summed E-state index contributed by atoms with van der Waals surface area (Å²) in [6, 6.07) is 7.71. The molecule has 0 unspecified atom stereocenters. The second-order valence-corrected chi connectivity index (χ2v) is 9.04. The normalized spacial score (nSPS) is 24.8. The highest BCUT2D eigenvalue weighted by atomic mass is 35.5. The Morgan fingerprint density at radius 3 is 2.35 bits per heavy atom. The van der Waals surface area contributed by atoms with Crippen molar-refractivity contribution < 1.29 is 14.3 Å². The molecule has 7 heteroatoms. The molecule has 1 aromatic rings. The lowest BCUT2D eigenvalue weighted by Crippen LogP contribution is -2.32. The average molecular weight is 399 g/mol. The van der Waals surface area contributed by atoms with E-state index in [0.717, 1.165) is 24.7 Å². The van der Waals surface area contributed by atoms with Crippen molar-refractivity contribution in [3.63, 3.8) is 0 Å². The molecule has 142 valence electrons. The average Bonchev–Trinajstić information content (AvgIpc) is 3.13. The minimum Gasteiger partial charge on any atom is -0.455 e. The molecule has 1 atom stereocenters. The van der Waals surface area contributed by atoms with Crippen molar-refractivity contribution in [2.75, 3.05) is 29.9 Å². The molecule has 0 spiro atoms. The predicted molar refractivity (Wildman–Crippen MR) is 104 cm³/mol. The van der Waals surface area contributed by atoms with Crippen LogP contribution < -0.4 is 10.2 Å². The quantitative estimate of drug-likeness (QED) is 0.601. The van der Waals surface area contributed by atoms with Gasteiger partial charge in [-0.3, -0.25) is 9.59 Å². The van der Waals surface area contributed by atoms with Crippen LogP contribution in [0.3, 0.4) is 0 Å². The first-order chi connectivity index (χ1) is 12.2. The van der Waals surface area contributed by atoms with E-state index in [4.69, 9.17) is 27.9 Å². The summed E-state index contributed by atoms with van der Waals surface area (Å²) in [7, 11) is 0. The number of halogens is 2. The Morgan fingerprint density at radius 1 is 1.23 bits per heavy atom. The van der Waals surface area contributed by atoms with Crippen molar-refractivity contribution in [2.24, 2.45) is 11.3 Å². The van der Waals surface area contributed by atoms with Crippen molar-refractivity contribution in [1.29, 1.82) is 0 Å². The number of rotatable bonds is 5. The van der Waals surface area contributed by atoms with Gasteiger partial charge in [-0.25, -0.2) is 0 Å². The third-order valence-electron chi connectivity index (χ3n) is 5.34. The van der Waals surface area contributed by atoms with Crippen molar-refractivity contribution in [2.45, 2.75) is 37.4 Å². The lowest BCUT2D eigenvalue weighted by molar-refractivity contribution is -0.152. The Hall–Kier alpha value is -1.46. The van der Waals surface area contributed by atoms with Crippen LogP contribution in [0.15, 0.2) is 24.3 Å². The predicted octanol–water partition coefficient (Wildman–Crippen LogP) is 3.99. The molecule has 0 radical (unpaired) electrons. The van der Waals surface area contributed by atoms with Gasteiger partial charge in [-0.2, -0.15) is 0 Å². The maximum atomic E-state index is 12.0. The van der Waals surface area contributed by atoms with E-state index in [1.807, 2.05) is 24.3 Å². The van der Waals surface area contributed by atoms with Crippen molar-refractivity contribution >= 4 is 46.5 Å². The Labute approximate surface area is 164 Å². The van der Waals surface area contributed by atoms with Crippen molar-refractivity contribution in [3.05, 3.63) is 24.3 Å². The van der Waals surface area contributed by atoms with Crippen LogP contribution >= 0.6 is 23.2 Å². The standard InChI is InChI=1S/C19H24Cl2N2O3/c1-13-7-9-23(10-8-13)15-5-3-14(4-6-15)22-16(24)11-26-17(25)18(2)12-19(18,20)21/h3-6,13H,7-12H2,1-2H3,(H,22,24)/t18-/m0/s1. The van der Waals surface area contributed by atoms with E-state index >= 15 is 0 Å². The molecular formula is C19H24Cl2N2O3. The first kappa shape index (κ1) is 19.3. The fraction of sp³-hybridized carbons (Fsp3) is 0.579. The van der Waals surface area contributed by atoms with E-state index in [-0.39, 0.29) is 6.61 Å². The number of carbonyl (C=O) groups is 2. The number of esters is 1. The molecule has 2 fully saturated rings. The van der Waals surface area contributed by atoms with Gasteiger partial charge in [0, 0.05) is 30.9 Å². The third kappa shape index (κ3) is 4.09. The second kappa shape index (κ2) is 7.28. The zero-order valence-corrected chi connectivity index (χ0v) is 16.6. The molecule has 3 rings (SSSR count). The highest BCUT2D eigenvalue weighted by molar-refractivity contribution is 6.53. The molecule has 1 N–H and O–H groups in total. The number of carbonyl (C=O) groups excluding carboxylic acids is 2. The molecule has 2 aliphatic rings. The topological polar surface area (TPSA) is 58.6 Å². The summed E-state index contributed by atoms with van der Waals surface area (Å²) in [5.41, 5.74) is 0.898. The van der Waals surface area contributed by atoms with E-state index in [0.29, 0.717) is 12.1 Å². The first-order valence-electron chi connectivity index (χ1n) is 8.91. The first-order valence-corrected chi connectivity index (χ1v) is 9.67. The third-order valence-corrected chi connectivity index (χ3v) is 6.44. The van der Waals surface area contributed by atoms with Gasteiger partial charge in [-0.15, -0.1) is 23.2 Å². The smallest absolute Gasteiger partial charge is 0.315 e. The van der Waals surface area contributed by atoms with Crippen LogP contribution in [-0.4, -0.2) is 35.9 Å².